The molecule has 1 fully saturated rings. The normalized spacial score (nSPS) is 17.4. The Labute approximate surface area is 110 Å². The fourth-order valence-electron chi connectivity index (χ4n) is 2.30. The summed E-state index contributed by atoms with van der Waals surface area (Å²) >= 11 is 6.04. The van der Waals surface area contributed by atoms with Gasteiger partial charge in [-0.2, -0.15) is 0 Å². The number of hydrogen-bond acceptors (Lipinski definition) is 4. The second-order valence-electron chi connectivity index (χ2n) is 5.00. The van der Waals surface area contributed by atoms with Crippen molar-refractivity contribution in [2.45, 2.75) is 31.7 Å². The van der Waals surface area contributed by atoms with Crippen LogP contribution in [0.3, 0.4) is 0 Å². The number of hydrogen-bond donors (Lipinski definition) is 1. The first-order valence-electron chi connectivity index (χ1n) is 5.94. The molecule has 2 N–H and O–H groups in total. The van der Waals surface area contributed by atoms with Gasteiger partial charge in [0.1, 0.15) is 0 Å². The molecule has 5 nitrogen and oxygen atoms in total. The number of aromatic nitrogens is 4. The Balaban J connectivity index is 2.07. The zero-order chi connectivity index (χ0) is 12.8. The van der Waals surface area contributed by atoms with Gasteiger partial charge < -0.3 is 5.73 Å². The van der Waals surface area contributed by atoms with E-state index in [2.05, 4.69) is 22.4 Å². The van der Waals surface area contributed by atoms with Crippen molar-refractivity contribution in [3.05, 3.63) is 23.2 Å². The summed E-state index contributed by atoms with van der Waals surface area (Å²) < 4.78 is 1.90. The van der Waals surface area contributed by atoms with E-state index in [-0.39, 0.29) is 5.54 Å². The topological polar surface area (TPSA) is 69.6 Å². The molecule has 0 atom stereocenters. The molecule has 1 saturated carbocycles. The third kappa shape index (κ3) is 1.66. The highest BCUT2D eigenvalue weighted by atomic mass is 35.5. The van der Waals surface area contributed by atoms with Gasteiger partial charge in [-0.25, -0.2) is 4.68 Å². The average Bonchev–Trinajstić information content (AvgIpc) is 2.79. The lowest BCUT2D eigenvalue weighted by atomic mass is 9.78. The minimum Gasteiger partial charge on any atom is -0.398 e. The van der Waals surface area contributed by atoms with Crippen molar-refractivity contribution in [3.8, 4) is 11.4 Å². The molecule has 1 aromatic carbocycles. The Kier molecular flexibility index (Phi) is 2.52. The van der Waals surface area contributed by atoms with Crippen molar-refractivity contribution in [2.24, 2.45) is 0 Å². The second kappa shape index (κ2) is 3.95. The van der Waals surface area contributed by atoms with E-state index in [1.54, 1.807) is 12.1 Å². The molecule has 0 radical (unpaired) electrons. The smallest absolute Gasteiger partial charge is 0.182 e. The SMILES string of the molecule is CC1(n2nnnc2-c2ccc(N)c(Cl)c2)CCC1. The molecule has 0 amide bonds. The Hall–Kier alpha value is -1.62. The Morgan fingerprint density at radius 1 is 1.39 bits per heavy atom. The molecule has 0 unspecified atom stereocenters. The van der Waals surface area contributed by atoms with Crippen molar-refractivity contribution >= 4 is 17.3 Å². The van der Waals surface area contributed by atoms with E-state index in [9.17, 15) is 0 Å². The Morgan fingerprint density at radius 3 is 2.78 bits per heavy atom. The summed E-state index contributed by atoms with van der Waals surface area (Å²) in [7, 11) is 0. The number of tetrazole rings is 1. The highest BCUT2D eigenvalue weighted by molar-refractivity contribution is 6.33. The first-order valence-corrected chi connectivity index (χ1v) is 6.32. The first-order chi connectivity index (χ1) is 8.60. The molecule has 0 aliphatic heterocycles. The number of nitrogen functional groups attached to an aromatic ring is 1. The van der Waals surface area contributed by atoms with Gasteiger partial charge in [0.2, 0.25) is 0 Å². The van der Waals surface area contributed by atoms with Crippen LogP contribution in [0.4, 0.5) is 5.69 Å². The molecule has 0 saturated heterocycles. The summed E-state index contributed by atoms with van der Waals surface area (Å²) in [6.45, 7) is 2.18. The van der Waals surface area contributed by atoms with Crippen LogP contribution in [0.1, 0.15) is 26.2 Å². The molecule has 1 aliphatic carbocycles. The van der Waals surface area contributed by atoms with E-state index in [4.69, 9.17) is 17.3 Å². The van der Waals surface area contributed by atoms with Crippen LogP contribution in [0.15, 0.2) is 18.2 Å². The van der Waals surface area contributed by atoms with Gasteiger partial charge in [0, 0.05) is 5.56 Å². The third-order valence-corrected chi connectivity index (χ3v) is 4.00. The predicted octanol–water partition coefficient (Wildman–Crippen LogP) is 2.47. The van der Waals surface area contributed by atoms with E-state index < -0.39 is 0 Å². The largest absolute Gasteiger partial charge is 0.398 e. The monoisotopic (exact) mass is 263 g/mol. The van der Waals surface area contributed by atoms with Gasteiger partial charge in [-0.15, -0.1) is 5.10 Å². The number of nitrogens with zero attached hydrogens (tertiary/aromatic N) is 4. The van der Waals surface area contributed by atoms with Gasteiger partial charge in [-0.05, 0) is 54.8 Å². The van der Waals surface area contributed by atoms with Crippen LogP contribution in [0.25, 0.3) is 11.4 Å². The van der Waals surface area contributed by atoms with Gasteiger partial charge in [0.05, 0.1) is 16.2 Å². The number of benzene rings is 1. The molecule has 2 aromatic rings. The summed E-state index contributed by atoms with van der Waals surface area (Å²) in [4.78, 5) is 0. The molecule has 6 heteroatoms. The zero-order valence-electron chi connectivity index (χ0n) is 10.1. The molecule has 3 rings (SSSR count). The van der Waals surface area contributed by atoms with Gasteiger partial charge >= 0.3 is 0 Å². The van der Waals surface area contributed by atoms with Crippen molar-refractivity contribution < 1.29 is 0 Å². The maximum absolute atomic E-state index is 6.04. The number of halogens is 1. The summed E-state index contributed by atoms with van der Waals surface area (Å²) in [6, 6.07) is 5.48. The molecule has 1 aromatic heterocycles. The van der Waals surface area contributed by atoms with Crippen LogP contribution in [0.2, 0.25) is 5.02 Å². The minimum atomic E-state index is 0.0344. The highest BCUT2D eigenvalue weighted by Gasteiger charge is 2.37. The summed E-state index contributed by atoms with van der Waals surface area (Å²) in [6.07, 6.45) is 3.43. The summed E-state index contributed by atoms with van der Waals surface area (Å²) in [5.41, 5.74) is 7.21. The number of anilines is 1. The fourth-order valence-corrected chi connectivity index (χ4v) is 2.48. The molecule has 0 bridgehead atoms. The van der Waals surface area contributed by atoms with Crippen LogP contribution in [-0.4, -0.2) is 20.2 Å². The van der Waals surface area contributed by atoms with E-state index in [1.165, 1.54) is 6.42 Å². The lowest BCUT2D eigenvalue weighted by Gasteiger charge is -2.38. The molecular formula is C12H14ClN5. The molecule has 1 aliphatic rings. The average molecular weight is 264 g/mol. The van der Waals surface area contributed by atoms with E-state index in [0.717, 1.165) is 24.2 Å². The van der Waals surface area contributed by atoms with Crippen LogP contribution in [0.5, 0.6) is 0 Å². The van der Waals surface area contributed by atoms with Crippen molar-refractivity contribution in [2.75, 3.05) is 5.73 Å². The summed E-state index contributed by atoms with van der Waals surface area (Å²) in [5, 5.41) is 12.5. The molecule has 0 spiro atoms. The van der Waals surface area contributed by atoms with Gasteiger partial charge in [-0.1, -0.05) is 11.6 Å². The number of rotatable bonds is 2. The van der Waals surface area contributed by atoms with Crippen LogP contribution in [-0.2, 0) is 5.54 Å². The highest BCUT2D eigenvalue weighted by Crippen LogP contribution is 2.40. The lowest BCUT2D eigenvalue weighted by molar-refractivity contribution is 0.148. The zero-order valence-corrected chi connectivity index (χ0v) is 10.9. The fraction of sp³-hybridized carbons (Fsp3) is 0.417. The van der Waals surface area contributed by atoms with Gasteiger partial charge in [-0.3, -0.25) is 0 Å². The van der Waals surface area contributed by atoms with Crippen LogP contribution in [0, 0.1) is 0 Å². The maximum atomic E-state index is 6.04. The maximum Gasteiger partial charge on any atom is 0.182 e. The lowest BCUT2D eigenvalue weighted by Crippen LogP contribution is -2.38. The molecule has 18 heavy (non-hydrogen) atoms. The van der Waals surface area contributed by atoms with Crippen molar-refractivity contribution in [1.82, 2.24) is 20.2 Å². The van der Waals surface area contributed by atoms with Gasteiger partial charge in [0.25, 0.3) is 0 Å². The van der Waals surface area contributed by atoms with Crippen molar-refractivity contribution in [3.63, 3.8) is 0 Å². The Morgan fingerprint density at radius 2 is 2.17 bits per heavy atom. The molecule has 1 heterocycles. The van der Waals surface area contributed by atoms with Crippen LogP contribution >= 0.6 is 11.6 Å². The quantitative estimate of drug-likeness (QED) is 0.845. The van der Waals surface area contributed by atoms with E-state index in [1.807, 2.05) is 10.7 Å². The van der Waals surface area contributed by atoms with Crippen LogP contribution < -0.4 is 5.73 Å². The van der Waals surface area contributed by atoms with Crippen molar-refractivity contribution in [1.29, 1.82) is 0 Å². The Bertz CT molecular complexity index is 588. The standard InChI is InChI=1S/C12H14ClN5/c1-12(5-2-6-12)18-11(15-16-17-18)8-3-4-10(14)9(13)7-8/h3-4,7H,2,5-6,14H2,1H3. The first kappa shape index (κ1) is 11.5. The predicted molar refractivity (Wildman–Crippen MR) is 70.2 cm³/mol. The summed E-state index contributed by atoms with van der Waals surface area (Å²) in [5.74, 6) is 0.749. The third-order valence-electron chi connectivity index (χ3n) is 3.67. The van der Waals surface area contributed by atoms with E-state index >= 15 is 0 Å². The second-order valence-corrected chi connectivity index (χ2v) is 5.41. The minimum absolute atomic E-state index is 0.0344. The van der Waals surface area contributed by atoms with Gasteiger partial charge in [0.15, 0.2) is 5.82 Å². The van der Waals surface area contributed by atoms with E-state index in [0.29, 0.717) is 10.7 Å². The molecular weight excluding hydrogens is 250 g/mol. The number of nitrogens with two attached hydrogens (primary N) is 1. The molecule has 94 valence electrons.